The Balaban J connectivity index is 2.12. The zero-order valence-electron chi connectivity index (χ0n) is 22.6. The molecule has 1 aliphatic rings. The molecule has 8 nitrogen and oxygen atoms in total. The number of hydrogen-bond acceptors (Lipinski definition) is 6. The zero-order valence-corrected chi connectivity index (χ0v) is 22.6. The van der Waals surface area contributed by atoms with Crippen LogP contribution in [0.2, 0.25) is 0 Å². The summed E-state index contributed by atoms with van der Waals surface area (Å²) in [5.74, 6) is -0.661. The van der Waals surface area contributed by atoms with Gasteiger partial charge in [0.15, 0.2) is 6.19 Å². The number of methoxy groups -OCH3 is 1. The Morgan fingerprint density at radius 1 is 1.16 bits per heavy atom. The molecule has 8 heteroatoms. The fourth-order valence-corrected chi connectivity index (χ4v) is 4.74. The highest BCUT2D eigenvalue weighted by Crippen LogP contribution is 2.32. The number of nitriles is 1. The van der Waals surface area contributed by atoms with Gasteiger partial charge in [-0.15, -0.1) is 0 Å². The van der Waals surface area contributed by atoms with E-state index in [0.717, 1.165) is 31.2 Å². The Labute approximate surface area is 220 Å². The van der Waals surface area contributed by atoms with Gasteiger partial charge in [0.1, 0.15) is 12.1 Å². The van der Waals surface area contributed by atoms with Crippen LogP contribution in [0, 0.1) is 11.5 Å². The van der Waals surface area contributed by atoms with Gasteiger partial charge in [-0.05, 0) is 42.0 Å². The average molecular weight is 506 g/mol. The second-order valence-electron chi connectivity index (χ2n) is 10.7. The lowest BCUT2D eigenvalue weighted by molar-refractivity contribution is -0.129. The summed E-state index contributed by atoms with van der Waals surface area (Å²) in [7, 11) is 3.03. The van der Waals surface area contributed by atoms with E-state index in [2.05, 4.69) is 31.1 Å². The number of aromatic nitrogens is 1. The van der Waals surface area contributed by atoms with Crippen molar-refractivity contribution in [2.75, 3.05) is 25.7 Å². The third-order valence-electron chi connectivity index (χ3n) is 6.94. The van der Waals surface area contributed by atoms with Crippen LogP contribution >= 0.6 is 0 Å². The first-order valence-corrected chi connectivity index (χ1v) is 12.9. The molecular weight excluding hydrogens is 466 g/mol. The highest BCUT2D eigenvalue weighted by molar-refractivity contribution is 6.04. The molecule has 0 bridgehead atoms. The Kier molecular flexibility index (Phi) is 9.65. The Bertz CT molecular complexity index is 1070. The second-order valence-corrected chi connectivity index (χ2v) is 10.7. The number of anilines is 1. The maximum absolute atomic E-state index is 14.2. The van der Waals surface area contributed by atoms with Crippen LogP contribution in [0.5, 0.6) is 0 Å². The van der Waals surface area contributed by atoms with Crippen LogP contribution in [0.1, 0.15) is 70.0 Å². The third kappa shape index (κ3) is 7.07. The van der Waals surface area contributed by atoms with Gasteiger partial charge in [-0.1, -0.05) is 58.2 Å². The highest BCUT2D eigenvalue weighted by Gasteiger charge is 2.38. The summed E-state index contributed by atoms with van der Waals surface area (Å²) in [5.41, 5.74) is 2.20. The molecule has 0 aliphatic heterocycles. The molecular formula is C29H39N5O3. The van der Waals surface area contributed by atoms with Gasteiger partial charge < -0.3 is 10.1 Å². The van der Waals surface area contributed by atoms with Crippen molar-refractivity contribution in [3.8, 4) is 6.19 Å². The van der Waals surface area contributed by atoms with Crippen molar-refractivity contribution < 1.29 is 14.3 Å². The van der Waals surface area contributed by atoms with Crippen molar-refractivity contribution in [1.82, 2.24) is 15.2 Å². The number of likely N-dealkylation sites (N-methyl/N-ethyl adjacent to an activating group) is 1. The first-order valence-electron chi connectivity index (χ1n) is 12.9. The van der Waals surface area contributed by atoms with E-state index in [4.69, 9.17) is 4.74 Å². The number of rotatable bonds is 9. The second kappa shape index (κ2) is 12.7. The van der Waals surface area contributed by atoms with Crippen molar-refractivity contribution in [2.45, 2.75) is 76.4 Å². The third-order valence-corrected chi connectivity index (χ3v) is 6.94. The molecule has 198 valence electrons. The minimum atomic E-state index is -0.963. The Morgan fingerprint density at radius 2 is 1.84 bits per heavy atom. The topological polar surface area (TPSA) is 98.6 Å². The maximum Gasteiger partial charge on any atom is 0.253 e. The van der Waals surface area contributed by atoms with Gasteiger partial charge in [0.2, 0.25) is 5.91 Å². The first kappa shape index (κ1) is 28.1. The molecule has 37 heavy (non-hydrogen) atoms. The SMILES string of the molecule is COCC(C(=O)N(c1ccc(C(C)(C)C)cc1)C(C(=O)NC1CCCCC1)c1cccnc1)N(C)C#N. The molecule has 1 heterocycles. The van der Waals surface area contributed by atoms with E-state index in [0.29, 0.717) is 11.3 Å². The van der Waals surface area contributed by atoms with Crippen LogP contribution in [-0.2, 0) is 19.7 Å². The number of hydrogen-bond donors (Lipinski definition) is 1. The van der Waals surface area contributed by atoms with E-state index >= 15 is 0 Å². The summed E-state index contributed by atoms with van der Waals surface area (Å²) in [6.45, 7) is 6.37. The van der Waals surface area contributed by atoms with Crippen molar-refractivity contribution in [3.63, 3.8) is 0 Å². The van der Waals surface area contributed by atoms with Crippen molar-refractivity contribution in [3.05, 3.63) is 59.9 Å². The van der Waals surface area contributed by atoms with E-state index < -0.39 is 18.0 Å². The smallest absolute Gasteiger partial charge is 0.253 e. The lowest BCUT2D eigenvalue weighted by Crippen LogP contribution is -2.53. The van der Waals surface area contributed by atoms with E-state index in [1.165, 1.54) is 23.3 Å². The normalized spacial score (nSPS) is 15.8. The molecule has 1 saturated carbocycles. The molecule has 0 radical (unpaired) electrons. The van der Waals surface area contributed by atoms with Crippen LogP contribution in [0.3, 0.4) is 0 Å². The van der Waals surface area contributed by atoms with Crippen LogP contribution in [0.25, 0.3) is 0 Å². The number of carbonyl (C=O) groups excluding carboxylic acids is 2. The average Bonchev–Trinajstić information content (AvgIpc) is 2.90. The van der Waals surface area contributed by atoms with Gasteiger partial charge in [0, 0.05) is 43.8 Å². The van der Waals surface area contributed by atoms with Gasteiger partial charge in [0.05, 0.1) is 6.61 Å². The van der Waals surface area contributed by atoms with Crippen molar-refractivity contribution in [1.29, 1.82) is 5.26 Å². The van der Waals surface area contributed by atoms with E-state index in [1.54, 1.807) is 31.6 Å². The first-order chi connectivity index (χ1) is 17.7. The predicted molar refractivity (Wildman–Crippen MR) is 144 cm³/mol. The number of ether oxygens (including phenoxy) is 1. The van der Waals surface area contributed by atoms with Gasteiger partial charge in [-0.2, -0.15) is 5.26 Å². The van der Waals surface area contributed by atoms with E-state index in [9.17, 15) is 14.9 Å². The largest absolute Gasteiger partial charge is 0.382 e. The summed E-state index contributed by atoms with van der Waals surface area (Å²) < 4.78 is 5.31. The molecule has 1 N–H and O–H groups in total. The van der Waals surface area contributed by atoms with E-state index in [1.807, 2.05) is 30.5 Å². The fraction of sp³-hybridized carbons (Fsp3) is 0.517. The Morgan fingerprint density at radius 3 is 2.38 bits per heavy atom. The molecule has 1 aliphatic carbocycles. The predicted octanol–water partition coefficient (Wildman–Crippen LogP) is 4.33. The standard InChI is InChI=1S/C29H39N5O3/c1-29(2,3)22-13-15-24(16-14-22)34(28(36)25(19-37-5)33(4)20-30)26(21-10-9-17-31-18-21)27(35)32-23-11-7-6-8-12-23/h9-10,13-18,23,25-26H,6-8,11-12,19H2,1-5H3,(H,32,35). The zero-order chi connectivity index (χ0) is 27.0. The van der Waals surface area contributed by atoms with Crippen LogP contribution in [0.4, 0.5) is 5.69 Å². The quantitative estimate of drug-likeness (QED) is 0.402. The molecule has 2 unspecified atom stereocenters. The number of pyridine rings is 1. The molecule has 0 saturated heterocycles. The molecule has 1 aromatic heterocycles. The summed E-state index contributed by atoms with van der Waals surface area (Å²) >= 11 is 0. The summed E-state index contributed by atoms with van der Waals surface area (Å²) in [4.78, 5) is 35.1. The minimum Gasteiger partial charge on any atom is -0.382 e. The highest BCUT2D eigenvalue weighted by atomic mass is 16.5. The van der Waals surface area contributed by atoms with Gasteiger partial charge in [-0.25, -0.2) is 0 Å². The molecule has 0 spiro atoms. The number of nitrogens with one attached hydrogen (secondary N) is 1. The molecule has 1 fully saturated rings. The number of carbonyl (C=O) groups is 2. The molecule has 2 atom stereocenters. The molecule has 2 amide bonds. The van der Waals surface area contributed by atoms with E-state index in [-0.39, 0.29) is 24.0 Å². The molecule has 1 aromatic carbocycles. The fourth-order valence-electron chi connectivity index (χ4n) is 4.74. The minimum absolute atomic E-state index is 0.00344. The van der Waals surface area contributed by atoms with Crippen LogP contribution in [0.15, 0.2) is 48.8 Å². The van der Waals surface area contributed by atoms with Crippen LogP contribution in [-0.4, -0.2) is 54.5 Å². The number of benzene rings is 1. The Hall–Kier alpha value is -3.44. The van der Waals surface area contributed by atoms with Crippen molar-refractivity contribution in [2.24, 2.45) is 0 Å². The summed E-state index contributed by atoms with van der Waals surface area (Å²) in [5, 5.41) is 12.8. The van der Waals surface area contributed by atoms with Gasteiger partial charge in [0.25, 0.3) is 5.91 Å². The monoisotopic (exact) mass is 505 g/mol. The summed E-state index contributed by atoms with van der Waals surface area (Å²) in [6, 6.07) is 9.46. The lowest BCUT2D eigenvalue weighted by atomic mass is 9.87. The van der Waals surface area contributed by atoms with Gasteiger partial charge in [-0.3, -0.25) is 24.4 Å². The number of nitrogens with zero attached hydrogens (tertiary/aromatic N) is 4. The van der Waals surface area contributed by atoms with Crippen molar-refractivity contribution >= 4 is 17.5 Å². The molecule has 3 rings (SSSR count). The lowest BCUT2D eigenvalue weighted by Gasteiger charge is -2.36. The summed E-state index contributed by atoms with van der Waals surface area (Å²) in [6.07, 6.45) is 10.4. The maximum atomic E-state index is 14.2. The van der Waals surface area contributed by atoms with Crippen LogP contribution < -0.4 is 10.2 Å². The molecule has 2 aromatic rings. The van der Waals surface area contributed by atoms with Gasteiger partial charge >= 0.3 is 0 Å². The number of amides is 2.